The lowest BCUT2D eigenvalue weighted by molar-refractivity contribution is -0.142. The molecule has 0 spiro atoms. The zero-order valence-electron chi connectivity index (χ0n) is 17.0. The van der Waals surface area contributed by atoms with Crippen LogP contribution in [0.4, 0.5) is 5.82 Å². The number of carbonyl (C=O) groups is 3. The second-order valence-electron chi connectivity index (χ2n) is 6.98. The molecule has 2 rings (SSSR count). The third-order valence-corrected chi connectivity index (χ3v) is 4.13. The van der Waals surface area contributed by atoms with Crippen molar-refractivity contribution in [2.24, 2.45) is 13.0 Å². The number of rotatable bonds is 9. The highest BCUT2D eigenvalue weighted by molar-refractivity contribution is 6.01. The highest BCUT2D eigenvalue weighted by atomic mass is 16.5. The molecule has 0 aliphatic carbocycles. The first-order valence-electron chi connectivity index (χ1n) is 9.23. The third-order valence-electron chi connectivity index (χ3n) is 4.13. The molecular weight excluding hydrogens is 396 g/mol. The van der Waals surface area contributed by atoms with Crippen LogP contribution in [0.15, 0.2) is 32.4 Å². The standard InChI is InChI=1S/C19H24N4O7/c1-11(2)9-23-16(20)15(18(27)22(3)19(23)28)12(24)10-30-14(25)6-7-21-17(26)13-5-4-8-29-13/h4-5,8,11H,6-7,9-10,20H2,1-3H3,(H,21,26). The first-order valence-corrected chi connectivity index (χ1v) is 9.23. The molecule has 2 aromatic heterocycles. The minimum absolute atomic E-state index is 0.0320. The van der Waals surface area contributed by atoms with E-state index in [4.69, 9.17) is 14.9 Å². The van der Waals surface area contributed by atoms with Crippen LogP contribution < -0.4 is 22.3 Å². The molecule has 0 aromatic carbocycles. The van der Waals surface area contributed by atoms with Crippen molar-refractivity contribution in [3.8, 4) is 0 Å². The zero-order valence-corrected chi connectivity index (χ0v) is 17.0. The number of nitrogens with two attached hydrogens (primary N) is 1. The van der Waals surface area contributed by atoms with Gasteiger partial charge in [0.05, 0.1) is 12.7 Å². The van der Waals surface area contributed by atoms with Gasteiger partial charge in [0.25, 0.3) is 11.5 Å². The van der Waals surface area contributed by atoms with E-state index < -0.39 is 41.1 Å². The first kappa shape index (κ1) is 22.7. The van der Waals surface area contributed by atoms with Crippen molar-refractivity contribution in [3.05, 3.63) is 50.6 Å². The lowest BCUT2D eigenvalue weighted by Crippen LogP contribution is -2.43. The number of nitrogens with zero attached hydrogens (tertiary/aromatic N) is 2. The third kappa shape index (κ3) is 5.25. The molecule has 0 radical (unpaired) electrons. The second kappa shape index (κ2) is 9.72. The molecular formula is C19H24N4O7. The van der Waals surface area contributed by atoms with Gasteiger partial charge in [0.2, 0.25) is 5.78 Å². The number of nitrogen functional groups attached to an aromatic ring is 1. The van der Waals surface area contributed by atoms with E-state index in [2.05, 4.69) is 5.32 Å². The van der Waals surface area contributed by atoms with Crippen LogP contribution in [0.5, 0.6) is 0 Å². The van der Waals surface area contributed by atoms with Gasteiger partial charge >= 0.3 is 11.7 Å². The number of amides is 1. The summed E-state index contributed by atoms with van der Waals surface area (Å²) in [6, 6.07) is 3.02. The molecule has 0 bridgehead atoms. The highest BCUT2D eigenvalue weighted by Gasteiger charge is 2.23. The molecule has 0 aliphatic heterocycles. The Morgan fingerprint density at radius 1 is 1.27 bits per heavy atom. The summed E-state index contributed by atoms with van der Waals surface area (Å²) in [4.78, 5) is 60.6. The van der Waals surface area contributed by atoms with Crippen LogP contribution >= 0.6 is 0 Å². The van der Waals surface area contributed by atoms with Gasteiger partial charge in [0.15, 0.2) is 12.4 Å². The Labute approximate surface area is 171 Å². The molecule has 11 heteroatoms. The Kier molecular flexibility index (Phi) is 7.34. The maximum atomic E-state index is 12.5. The summed E-state index contributed by atoms with van der Waals surface area (Å²) in [5.74, 6) is -2.19. The lowest BCUT2D eigenvalue weighted by Gasteiger charge is -2.16. The molecule has 2 aromatic rings. The van der Waals surface area contributed by atoms with Gasteiger partial charge in [-0.15, -0.1) is 0 Å². The number of ether oxygens (including phenoxy) is 1. The molecule has 0 atom stereocenters. The normalized spacial score (nSPS) is 10.8. The topological polar surface area (TPSA) is 156 Å². The molecule has 11 nitrogen and oxygen atoms in total. The zero-order chi connectivity index (χ0) is 22.4. The fourth-order valence-electron chi connectivity index (χ4n) is 2.65. The number of nitrogens with one attached hydrogen (secondary N) is 1. The number of anilines is 1. The summed E-state index contributed by atoms with van der Waals surface area (Å²) in [7, 11) is 1.24. The molecule has 2 heterocycles. The first-order chi connectivity index (χ1) is 14.1. The van der Waals surface area contributed by atoms with E-state index in [-0.39, 0.29) is 37.0 Å². The summed E-state index contributed by atoms with van der Waals surface area (Å²) in [6.07, 6.45) is 1.15. The van der Waals surface area contributed by atoms with Gasteiger partial charge in [-0.05, 0) is 18.1 Å². The van der Waals surface area contributed by atoms with Crippen molar-refractivity contribution in [3.63, 3.8) is 0 Å². The smallest absolute Gasteiger partial charge is 0.332 e. The van der Waals surface area contributed by atoms with Crippen molar-refractivity contribution in [1.82, 2.24) is 14.5 Å². The Bertz CT molecular complexity index is 1050. The minimum Gasteiger partial charge on any atom is -0.459 e. The summed E-state index contributed by atoms with van der Waals surface area (Å²) < 4.78 is 11.7. The van der Waals surface area contributed by atoms with Gasteiger partial charge in [0.1, 0.15) is 11.4 Å². The van der Waals surface area contributed by atoms with Crippen LogP contribution in [0, 0.1) is 5.92 Å². The number of furan rings is 1. The van der Waals surface area contributed by atoms with Crippen molar-refractivity contribution < 1.29 is 23.5 Å². The van der Waals surface area contributed by atoms with Gasteiger partial charge < -0.3 is 20.2 Å². The fourth-order valence-corrected chi connectivity index (χ4v) is 2.65. The molecule has 0 saturated heterocycles. The lowest BCUT2D eigenvalue weighted by atomic mass is 10.1. The molecule has 0 unspecified atom stereocenters. The Balaban J connectivity index is 1.99. The molecule has 1 amide bonds. The summed E-state index contributed by atoms with van der Waals surface area (Å²) in [5, 5.41) is 2.46. The van der Waals surface area contributed by atoms with E-state index in [1.54, 1.807) is 6.07 Å². The maximum absolute atomic E-state index is 12.5. The molecule has 162 valence electrons. The molecule has 0 saturated carbocycles. The number of hydrogen-bond acceptors (Lipinski definition) is 8. The van der Waals surface area contributed by atoms with E-state index in [9.17, 15) is 24.0 Å². The van der Waals surface area contributed by atoms with Crippen molar-refractivity contribution in [2.45, 2.75) is 26.8 Å². The van der Waals surface area contributed by atoms with Crippen LogP contribution in [0.2, 0.25) is 0 Å². The number of Topliss-reactive ketones (excluding diaryl/α,β-unsaturated/α-hetero) is 1. The Hall–Kier alpha value is -3.63. The summed E-state index contributed by atoms with van der Waals surface area (Å²) >= 11 is 0. The van der Waals surface area contributed by atoms with Crippen LogP contribution in [0.1, 0.15) is 41.2 Å². The SMILES string of the molecule is CC(C)Cn1c(N)c(C(=O)COC(=O)CCNC(=O)c2ccco2)c(=O)n(C)c1=O. The summed E-state index contributed by atoms with van der Waals surface area (Å²) in [5.41, 5.74) is 4.01. The minimum atomic E-state index is -0.857. The van der Waals surface area contributed by atoms with Crippen molar-refractivity contribution in [2.75, 3.05) is 18.9 Å². The molecule has 0 aliphatic rings. The van der Waals surface area contributed by atoms with Gasteiger partial charge in [0, 0.05) is 20.1 Å². The van der Waals surface area contributed by atoms with E-state index in [1.165, 1.54) is 19.4 Å². The van der Waals surface area contributed by atoms with Crippen LogP contribution in [-0.4, -0.2) is 39.9 Å². The number of carbonyl (C=O) groups excluding carboxylic acids is 3. The quantitative estimate of drug-likeness (QED) is 0.422. The van der Waals surface area contributed by atoms with E-state index in [1.807, 2.05) is 13.8 Å². The van der Waals surface area contributed by atoms with Gasteiger partial charge in [-0.1, -0.05) is 13.8 Å². The monoisotopic (exact) mass is 420 g/mol. The van der Waals surface area contributed by atoms with Gasteiger partial charge in [-0.25, -0.2) is 4.79 Å². The van der Waals surface area contributed by atoms with Crippen LogP contribution in [0.3, 0.4) is 0 Å². The maximum Gasteiger partial charge on any atom is 0.332 e. The van der Waals surface area contributed by atoms with Crippen LogP contribution in [0.25, 0.3) is 0 Å². The Morgan fingerprint density at radius 2 is 1.97 bits per heavy atom. The fraction of sp³-hybridized carbons (Fsp3) is 0.421. The summed E-state index contributed by atoms with van der Waals surface area (Å²) in [6.45, 7) is 3.17. The van der Waals surface area contributed by atoms with Crippen molar-refractivity contribution >= 4 is 23.5 Å². The number of esters is 1. The molecule has 3 N–H and O–H groups in total. The number of ketones is 1. The van der Waals surface area contributed by atoms with E-state index in [0.717, 1.165) is 9.13 Å². The predicted molar refractivity (Wildman–Crippen MR) is 106 cm³/mol. The number of aromatic nitrogens is 2. The average molecular weight is 420 g/mol. The van der Waals surface area contributed by atoms with E-state index in [0.29, 0.717) is 0 Å². The van der Waals surface area contributed by atoms with Crippen LogP contribution in [-0.2, 0) is 23.1 Å². The number of hydrogen-bond donors (Lipinski definition) is 2. The van der Waals surface area contributed by atoms with E-state index >= 15 is 0 Å². The molecule has 0 fully saturated rings. The van der Waals surface area contributed by atoms with Crippen molar-refractivity contribution in [1.29, 1.82) is 0 Å². The second-order valence-corrected chi connectivity index (χ2v) is 6.98. The predicted octanol–water partition coefficient (Wildman–Crippen LogP) is -0.0758. The highest BCUT2D eigenvalue weighted by Crippen LogP contribution is 2.09. The molecule has 30 heavy (non-hydrogen) atoms. The average Bonchev–Trinajstić information content (AvgIpc) is 3.23. The van der Waals surface area contributed by atoms with Gasteiger partial charge in [-0.2, -0.15) is 0 Å². The largest absolute Gasteiger partial charge is 0.459 e. The Morgan fingerprint density at radius 3 is 2.57 bits per heavy atom. The van der Waals surface area contributed by atoms with Gasteiger partial charge in [-0.3, -0.25) is 28.3 Å².